The third-order valence-electron chi connectivity index (χ3n) is 10.0. The molecule has 1 aromatic heterocycles. The zero-order chi connectivity index (χ0) is 28.5. The third kappa shape index (κ3) is 3.63. The lowest BCUT2D eigenvalue weighted by molar-refractivity contribution is 0.439. The van der Waals surface area contributed by atoms with E-state index in [0.29, 0.717) is 5.92 Å². The van der Waals surface area contributed by atoms with Gasteiger partial charge >= 0.3 is 0 Å². The minimum absolute atomic E-state index is 0.0704. The first-order valence-electron chi connectivity index (χ1n) is 15.1. The van der Waals surface area contributed by atoms with Crippen molar-refractivity contribution in [3.63, 3.8) is 0 Å². The lowest BCUT2D eigenvalue weighted by Crippen LogP contribution is -2.26. The Labute approximate surface area is 248 Å². The summed E-state index contributed by atoms with van der Waals surface area (Å²) in [5.74, 6) is 0.678. The number of para-hydroxylation sites is 2. The van der Waals surface area contributed by atoms with Crippen LogP contribution >= 0.6 is 0 Å². The van der Waals surface area contributed by atoms with Crippen LogP contribution in [0.1, 0.15) is 37.3 Å². The average molecular weight is 542 g/mol. The molecule has 3 aliphatic carbocycles. The number of fused-ring (bicyclic) bond motifs is 4. The predicted octanol–water partition coefficient (Wildman–Crippen LogP) is 10.4. The standard InChI is InChI=1S/C41H35N/c1-4-28-23-32(26-41(27-37(28)41)42-38-21-13-11-19-33(38)34-20-12-14-22-39(34)42)31-24-35(29-15-7-5-8-16-29)40(2,3)36(25-31)30-17-9-6-10-18-30/h4-26,35,37H,1,27H2,2-3H3. The average Bonchev–Trinajstić information content (AvgIpc) is 3.67. The number of nitrogens with zero attached hydrogens (tertiary/aromatic N) is 1. The van der Waals surface area contributed by atoms with E-state index < -0.39 is 0 Å². The summed E-state index contributed by atoms with van der Waals surface area (Å²) in [5.41, 5.74) is 10.4. The van der Waals surface area contributed by atoms with Gasteiger partial charge in [0.2, 0.25) is 0 Å². The Kier molecular flexibility index (Phi) is 5.50. The highest BCUT2D eigenvalue weighted by Crippen LogP contribution is 2.62. The fourth-order valence-electron chi connectivity index (χ4n) is 7.85. The summed E-state index contributed by atoms with van der Waals surface area (Å²) >= 11 is 0. The van der Waals surface area contributed by atoms with Crippen molar-refractivity contribution in [2.24, 2.45) is 11.3 Å². The second kappa shape index (κ2) is 9.19. The van der Waals surface area contributed by atoms with Crippen LogP contribution in [0.2, 0.25) is 0 Å². The molecule has 8 rings (SSSR count). The van der Waals surface area contributed by atoms with Gasteiger partial charge in [0.05, 0.1) is 5.54 Å². The molecule has 0 spiro atoms. The van der Waals surface area contributed by atoms with Gasteiger partial charge in [0.25, 0.3) is 0 Å². The Morgan fingerprint density at radius 2 is 1.31 bits per heavy atom. The van der Waals surface area contributed by atoms with E-state index in [1.54, 1.807) is 0 Å². The lowest BCUT2D eigenvalue weighted by Gasteiger charge is -2.40. The third-order valence-corrected chi connectivity index (χ3v) is 10.0. The van der Waals surface area contributed by atoms with Crippen molar-refractivity contribution in [1.29, 1.82) is 0 Å². The van der Waals surface area contributed by atoms with Gasteiger partial charge < -0.3 is 4.57 Å². The van der Waals surface area contributed by atoms with E-state index in [0.717, 1.165) is 6.42 Å². The summed E-state index contributed by atoms with van der Waals surface area (Å²) in [6.45, 7) is 9.08. The molecular formula is C41H35N. The molecule has 4 aromatic carbocycles. The summed E-state index contributed by atoms with van der Waals surface area (Å²) in [6.07, 6.45) is 13.1. The maximum atomic E-state index is 4.29. The molecule has 0 saturated heterocycles. The summed E-state index contributed by atoms with van der Waals surface area (Å²) < 4.78 is 2.63. The molecule has 5 aromatic rings. The highest BCUT2D eigenvalue weighted by Gasteiger charge is 2.58. The molecule has 0 amide bonds. The lowest BCUT2D eigenvalue weighted by atomic mass is 9.64. The van der Waals surface area contributed by atoms with Crippen LogP contribution in [0.3, 0.4) is 0 Å². The molecule has 3 aliphatic rings. The number of allylic oxidation sites excluding steroid dienone is 9. The molecule has 3 atom stereocenters. The van der Waals surface area contributed by atoms with E-state index in [4.69, 9.17) is 0 Å². The molecule has 1 heteroatoms. The van der Waals surface area contributed by atoms with Crippen molar-refractivity contribution >= 4 is 27.4 Å². The Morgan fingerprint density at radius 3 is 1.95 bits per heavy atom. The molecule has 0 N–H and O–H groups in total. The van der Waals surface area contributed by atoms with Crippen molar-refractivity contribution < 1.29 is 0 Å². The van der Waals surface area contributed by atoms with Crippen LogP contribution in [-0.4, -0.2) is 4.57 Å². The first-order chi connectivity index (χ1) is 20.5. The van der Waals surface area contributed by atoms with Gasteiger partial charge in [-0.15, -0.1) is 0 Å². The number of aromatic nitrogens is 1. The van der Waals surface area contributed by atoms with Crippen molar-refractivity contribution in [3.8, 4) is 0 Å². The molecule has 1 saturated carbocycles. The number of rotatable bonds is 5. The zero-order valence-corrected chi connectivity index (χ0v) is 24.3. The maximum absolute atomic E-state index is 4.29. The van der Waals surface area contributed by atoms with Gasteiger partial charge in [-0.25, -0.2) is 0 Å². The van der Waals surface area contributed by atoms with Crippen molar-refractivity contribution in [2.75, 3.05) is 0 Å². The summed E-state index contributed by atoms with van der Waals surface area (Å²) in [6, 6.07) is 39.7. The Bertz CT molecular complexity index is 1940. The van der Waals surface area contributed by atoms with Gasteiger partial charge in [-0.2, -0.15) is 0 Å². The van der Waals surface area contributed by atoms with Crippen LogP contribution in [0.4, 0.5) is 0 Å². The highest BCUT2D eigenvalue weighted by atomic mass is 15.1. The monoisotopic (exact) mass is 541 g/mol. The molecule has 42 heavy (non-hydrogen) atoms. The normalized spacial score (nSPS) is 24.3. The van der Waals surface area contributed by atoms with Crippen LogP contribution in [0.25, 0.3) is 27.4 Å². The maximum Gasteiger partial charge on any atom is 0.0719 e. The fourth-order valence-corrected chi connectivity index (χ4v) is 7.85. The molecule has 204 valence electrons. The van der Waals surface area contributed by atoms with Crippen LogP contribution in [0.15, 0.2) is 163 Å². The second-order valence-electron chi connectivity index (χ2n) is 12.7. The molecule has 1 nitrogen and oxygen atoms in total. The number of benzene rings is 4. The van der Waals surface area contributed by atoms with E-state index in [2.05, 4.69) is 165 Å². The SMILES string of the molecule is C=CC1=CC(C2=CC(c3ccccc3)C(C)(C)C(c3ccccc3)=C2)=CC2(n3c4ccccc4c4ccccc43)CC12. The summed E-state index contributed by atoms with van der Waals surface area (Å²) in [4.78, 5) is 0. The predicted molar refractivity (Wildman–Crippen MR) is 177 cm³/mol. The van der Waals surface area contributed by atoms with Gasteiger partial charge in [0, 0.05) is 39.1 Å². The van der Waals surface area contributed by atoms with Crippen molar-refractivity contribution in [1.82, 2.24) is 4.57 Å². The number of hydrogen-bond donors (Lipinski definition) is 0. The Hall–Kier alpha value is -4.62. The molecule has 0 radical (unpaired) electrons. The van der Waals surface area contributed by atoms with Crippen LogP contribution in [-0.2, 0) is 5.54 Å². The zero-order valence-electron chi connectivity index (χ0n) is 24.3. The van der Waals surface area contributed by atoms with Crippen molar-refractivity contribution in [3.05, 3.63) is 174 Å². The summed E-state index contributed by atoms with van der Waals surface area (Å²) in [5, 5.41) is 2.65. The highest BCUT2D eigenvalue weighted by molar-refractivity contribution is 6.08. The van der Waals surface area contributed by atoms with E-state index in [1.165, 1.54) is 55.2 Å². The Balaban J connectivity index is 1.36. The van der Waals surface area contributed by atoms with Crippen LogP contribution in [0.5, 0.6) is 0 Å². The second-order valence-corrected chi connectivity index (χ2v) is 12.7. The largest absolute Gasteiger partial charge is 0.330 e. The minimum Gasteiger partial charge on any atom is -0.330 e. The molecule has 0 bridgehead atoms. The molecule has 0 aliphatic heterocycles. The quantitative estimate of drug-likeness (QED) is 0.209. The molecule has 1 heterocycles. The van der Waals surface area contributed by atoms with Crippen LogP contribution < -0.4 is 0 Å². The van der Waals surface area contributed by atoms with E-state index in [1.807, 2.05) is 0 Å². The first kappa shape index (κ1) is 25.1. The van der Waals surface area contributed by atoms with E-state index in [-0.39, 0.29) is 16.9 Å². The van der Waals surface area contributed by atoms with Crippen LogP contribution in [0, 0.1) is 11.3 Å². The fraction of sp³-hybridized carbons (Fsp3) is 0.171. The smallest absolute Gasteiger partial charge is 0.0719 e. The topological polar surface area (TPSA) is 4.93 Å². The van der Waals surface area contributed by atoms with Gasteiger partial charge in [0.15, 0.2) is 0 Å². The Morgan fingerprint density at radius 1 is 0.714 bits per heavy atom. The van der Waals surface area contributed by atoms with Gasteiger partial charge in [-0.1, -0.05) is 148 Å². The van der Waals surface area contributed by atoms with E-state index in [9.17, 15) is 0 Å². The van der Waals surface area contributed by atoms with Crippen molar-refractivity contribution in [2.45, 2.75) is 31.7 Å². The number of hydrogen-bond acceptors (Lipinski definition) is 0. The van der Waals surface area contributed by atoms with E-state index >= 15 is 0 Å². The first-order valence-corrected chi connectivity index (χ1v) is 15.1. The van der Waals surface area contributed by atoms with Gasteiger partial charge in [-0.3, -0.25) is 0 Å². The summed E-state index contributed by atoms with van der Waals surface area (Å²) in [7, 11) is 0. The molecule has 3 unspecified atom stereocenters. The molecular weight excluding hydrogens is 506 g/mol. The molecule has 1 fully saturated rings. The van der Waals surface area contributed by atoms with Gasteiger partial charge in [0.1, 0.15) is 0 Å². The minimum atomic E-state index is -0.104. The van der Waals surface area contributed by atoms with Gasteiger partial charge in [-0.05, 0) is 52.0 Å².